The average Bonchev–Trinajstić information content (AvgIpc) is 1.50. The van der Waals surface area contributed by atoms with E-state index in [4.69, 9.17) is 34.4 Å². The lowest BCUT2D eigenvalue weighted by molar-refractivity contribution is -0.144. The molecule has 0 aliphatic heterocycles. The number of phenols is 1. The van der Waals surface area contributed by atoms with Gasteiger partial charge in [0.2, 0.25) is 59.1 Å². The zero-order chi connectivity index (χ0) is 67.6. The number of primary amides is 1. The maximum atomic E-state index is 14.4. The van der Waals surface area contributed by atoms with E-state index in [9.17, 15) is 72.9 Å². The van der Waals surface area contributed by atoms with Crippen LogP contribution in [0.4, 0.5) is 0 Å². The molecule has 0 fully saturated rings. The van der Waals surface area contributed by atoms with Crippen LogP contribution in [0.2, 0.25) is 0 Å². The van der Waals surface area contributed by atoms with Crippen molar-refractivity contribution in [2.75, 3.05) is 31.6 Å². The Morgan fingerprint density at radius 1 is 0.533 bits per heavy atom. The Morgan fingerprint density at radius 2 is 1.00 bits per heavy atom. The molecule has 33 heteroatoms. The fraction of sp³-hybridized carbons (Fsp3) is 0.544. The van der Waals surface area contributed by atoms with Crippen molar-refractivity contribution >= 4 is 94.7 Å². The third-order valence-electron chi connectivity index (χ3n) is 13.8. The number of aliphatic imine (C=N–C) groups is 2. The zero-order valence-corrected chi connectivity index (χ0v) is 52.0. The predicted molar refractivity (Wildman–Crippen MR) is 334 cm³/mol. The minimum absolute atomic E-state index is 0.00879. The molecular weight excluding hydrogens is 1190 g/mol. The van der Waals surface area contributed by atoms with Gasteiger partial charge in [-0.2, -0.15) is 11.8 Å². The first-order valence-electron chi connectivity index (χ1n) is 29.1. The number of thioether (sulfide) groups is 1. The number of aromatic hydroxyl groups is 1. The molecule has 0 aliphatic carbocycles. The van der Waals surface area contributed by atoms with E-state index < -0.39 is 150 Å². The van der Waals surface area contributed by atoms with Gasteiger partial charge in [0.25, 0.3) is 0 Å². The van der Waals surface area contributed by atoms with Gasteiger partial charge in [0.15, 0.2) is 11.9 Å². The van der Waals surface area contributed by atoms with Crippen LogP contribution in [0.3, 0.4) is 0 Å². The molecule has 0 heterocycles. The molecule has 2 aromatic carbocycles. The van der Waals surface area contributed by atoms with E-state index in [1.807, 2.05) is 0 Å². The number of nitrogens with one attached hydrogen (secondary N) is 9. The summed E-state index contributed by atoms with van der Waals surface area (Å²) in [5.74, 6) is -13.5. The number of nitrogens with two attached hydrogens (primary N) is 6. The number of hydrogen-bond donors (Lipinski definition) is 18. The normalized spacial score (nSPS) is 14.3. The van der Waals surface area contributed by atoms with E-state index in [0.717, 1.165) is 0 Å². The van der Waals surface area contributed by atoms with Crippen LogP contribution in [0.15, 0.2) is 64.6 Å². The molecule has 0 bridgehead atoms. The number of nitrogens with zero attached hydrogens (tertiary/aromatic N) is 2. The van der Waals surface area contributed by atoms with E-state index in [1.54, 1.807) is 50.4 Å². The number of rotatable bonds is 42. The molecule has 0 unspecified atom stereocenters. The van der Waals surface area contributed by atoms with Crippen LogP contribution >= 0.6 is 11.8 Å². The Kier molecular flexibility index (Phi) is 34.4. The van der Waals surface area contributed by atoms with Crippen molar-refractivity contribution in [1.29, 1.82) is 0 Å². The van der Waals surface area contributed by atoms with E-state index in [0.29, 0.717) is 29.7 Å². The molecule has 498 valence electrons. The Bertz CT molecular complexity index is 2810. The Balaban J connectivity index is 2.47. The SMILES string of the molecule is CC[C@H](C)[C@H](NC(=O)[C@H](CCSC)NC(=O)[C@H](CCC(N)=O)NC(=O)[C@@H](N)CCCN=C(N)N)C(=O)N[C@@H](CCCN=C(N)N)C(=O)NCC(=O)N[C@@H](Cc1ccc(O)cc1)C(=O)N[C@@H](Cc1ccccc1)C(=O)N[C@@H](CC(=O)O)C(=O)N[C@H](C(=O)O)C(C)C. The van der Waals surface area contributed by atoms with Crippen LogP contribution in [0.1, 0.15) is 96.6 Å². The highest BCUT2D eigenvalue weighted by molar-refractivity contribution is 7.98. The summed E-state index contributed by atoms with van der Waals surface area (Å²) >= 11 is 1.34. The van der Waals surface area contributed by atoms with E-state index >= 15 is 0 Å². The van der Waals surface area contributed by atoms with Gasteiger partial charge in [-0.1, -0.05) is 76.6 Å². The number of guanidine groups is 2. The highest BCUT2D eigenvalue weighted by Gasteiger charge is 2.36. The summed E-state index contributed by atoms with van der Waals surface area (Å²) in [5.41, 5.74) is 34.1. The molecule has 2 aromatic rings. The smallest absolute Gasteiger partial charge is 0.326 e. The van der Waals surface area contributed by atoms with Crippen molar-refractivity contribution in [2.45, 2.75) is 153 Å². The van der Waals surface area contributed by atoms with Gasteiger partial charge in [-0.15, -0.1) is 0 Å². The lowest BCUT2D eigenvalue weighted by Gasteiger charge is -2.29. The molecule has 90 heavy (non-hydrogen) atoms. The number of carboxylic acid groups (broad SMARTS) is 2. The summed E-state index contributed by atoms with van der Waals surface area (Å²) in [6.07, 6.45) is 0.399. The fourth-order valence-corrected chi connectivity index (χ4v) is 9.09. The number of aliphatic carboxylic acids is 2. The monoisotopic (exact) mass is 1280 g/mol. The highest BCUT2D eigenvalue weighted by atomic mass is 32.2. The maximum Gasteiger partial charge on any atom is 0.326 e. The topological polar surface area (TPSA) is 555 Å². The van der Waals surface area contributed by atoms with Crippen molar-refractivity contribution < 1.29 is 72.9 Å². The molecule has 24 N–H and O–H groups in total. The number of carbonyl (C=O) groups excluding carboxylic acids is 10. The molecule has 0 spiro atoms. The van der Waals surface area contributed by atoms with Gasteiger partial charge in [-0.05, 0) is 85.6 Å². The number of benzene rings is 2. The second-order valence-electron chi connectivity index (χ2n) is 21.5. The molecule has 32 nitrogen and oxygen atoms in total. The summed E-state index contributed by atoms with van der Waals surface area (Å²) in [5, 5.41) is 52.0. The van der Waals surface area contributed by atoms with Crippen molar-refractivity contribution in [2.24, 2.45) is 56.2 Å². The van der Waals surface area contributed by atoms with E-state index in [-0.39, 0.29) is 82.1 Å². The van der Waals surface area contributed by atoms with Gasteiger partial charge < -0.3 is 97.6 Å². The molecule has 0 saturated heterocycles. The number of hydrogen-bond acceptors (Lipinski definition) is 17. The summed E-state index contributed by atoms with van der Waals surface area (Å²) in [6, 6.07) is 0.777. The van der Waals surface area contributed by atoms with Gasteiger partial charge in [0.05, 0.1) is 19.0 Å². The van der Waals surface area contributed by atoms with Crippen molar-refractivity contribution in [3.63, 3.8) is 0 Å². The van der Waals surface area contributed by atoms with Crippen LogP contribution in [-0.2, 0) is 70.4 Å². The molecule has 10 amide bonds. The first-order valence-corrected chi connectivity index (χ1v) is 30.5. The van der Waals surface area contributed by atoms with Crippen molar-refractivity contribution in [1.82, 2.24) is 47.9 Å². The average molecular weight is 1280 g/mol. The summed E-state index contributed by atoms with van der Waals surface area (Å²) < 4.78 is 0. The lowest BCUT2D eigenvalue weighted by Crippen LogP contribution is -2.60. The van der Waals surface area contributed by atoms with Crippen LogP contribution in [-0.4, -0.2) is 184 Å². The molecule has 0 radical (unpaired) electrons. The third kappa shape index (κ3) is 29.6. The van der Waals surface area contributed by atoms with Crippen molar-refractivity contribution in [3.8, 4) is 5.75 Å². The van der Waals surface area contributed by atoms with Gasteiger partial charge in [-0.25, -0.2) is 4.79 Å². The number of carbonyl (C=O) groups is 12. The minimum atomic E-state index is -1.82. The first kappa shape index (κ1) is 76.8. The Labute approximate surface area is 525 Å². The first-order chi connectivity index (χ1) is 42.5. The molecular formula is C57H89N17O15S. The lowest BCUT2D eigenvalue weighted by atomic mass is 9.97. The standard InChI is InChI=1S/C57H89N17O15S/c1-6-31(4)46(74-50(83)38(22-25-90-5)69-49(82)37(20-21-42(59)76)68-47(80)35(58)14-10-23-64-56(60)61)54(87)70-36(15-11-24-65-57(62)63)48(81)66-29-43(77)67-39(27-33-16-18-34(75)19-17-33)51(84)71-40(26-32-12-8-7-9-13-32)52(85)72-41(28-44(78)79)53(86)73-45(30(2)3)55(88)89/h7-9,12-13,16-19,30-31,35-41,45-46,75H,6,10-11,14-15,20-29,58H2,1-5H3,(H2,59,76)(H,66,81)(H,67,77)(H,68,80)(H,69,82)(H,70,87)(H,71,84)(H,72,85)(H,73,86)(H,74,83)(H,78,79)(H,88,89)(H4,60,61,64)(H4,62,63,65)/t31-,35-,36-,37-,38-,39-,40-,41-,45-,46-/m0/s1. The van der Waals surface area contributed by atoms with Gasteiger partial charge in [-0.3, -0.25) is 62.7 Å². The van der Waals surface area contributed by atoms with Crippen LogP contribution < -0.4 is 82.3 Å². The number of phenolic OH excluding ortho intramolecular Hbond substituents is 1. The van der Waals surface area contributed by atoms with Gasteiger partial charge >= 0.3 is 11.9 Å². The summed E-state index contributed by atoms with van der Waals surface area (Å²) in [7, 11) is 0. The van der Waals surface area contributed by atoms with Crippen LogP contribution in [0.5, 0.6) is 5.75 Å². The second-order valence-corrected chi connectivity index (χ2v) is 22.5. The molecule has 2 rings (SSSR count). The number of amides is 10. The van der Waals surface area contributed by atoms with Crippen LogP contribution in [0, 0.1) is 11.8 Å². The van der Waals surface area contributed by atoms with Crippen molar-refractivity contribution in [3.05, 3.63) is 65.7 Å². The Hall–Kier alpha value is -9.27. The van der Waals surface area contributed by atoms with E-state index in [1.165, 1.54) is 49.9 Å². The number of carboxylic acids is 2. The highest BCUT2D eigenvalue weighted by Crippen LogP contribution is 2.15. The zero-order valence-electron chi connectivity index (χ0n) is 51.2. The Morgan fingerprint density at radius 3 is 1.53 bits per heavy atom. The molecule has 0 saturated carbocycles. The molecule has 0 aliphatic rings. The van der Waals surface area contributed by atoms with Gasteiger partial charge in [0, 0.05) is 32.4 Å². The van der Waals surface area contributed by atoms with E-state index in [2.05, 4.69) is 57.8 Å². The maximum absolute atomic E-state index is 14.4. The minimum Gasteiger partial charge on any atom is -0.508 e. The molecule has 0 aromatic heterocycles. The predicted octanol–water partition coefficient (Wildman–Crippen LogP) is -4.11. The summed E-state index contributed by atoms with van der Waals surface area (Å²) in [6.45, 7) is 5.74. The summed E-state index contributed by atoms with van der Waals surface area (Å²) in [4.78, 5) is 169. The van der Waals surface area contributed by atoms with Crippen LogP contribution in [0.25, 0.3) is 0 Å². The quantitative estimate of drug-likeness (QED) is 0.0171. The molecule has 10 atom stereocenters. The van der Waals surface area contributed by atoms with Gasteiger partial charge in [0.1, 0.15) is 54.1 Å². The second kappa shape index (κ2) is 40.3. The fourth-order valence-electron chi connectivity index (χ4n) is 8.62. The largest absolute Gasteiger partial charge is 0.508 e. The third-order valence-corrected chi connectivity index (χ3v) is 14.5.